The van der Waals surface area contributed by atoms with Crippen LogP contribution in [0.5, 0.6) is 0 Å². The number of thioether (sulfide) groups is 1. The van der Waals surface area contributed by atoms with Crippen molar-refractivity contribution in [2.45, 2.75) is 131 Å². The van der Waals surface area contributed by atoms with Crippen molar-refractivity contribution in [3.63, 3.8) is 0 Å². The fourth-order valence-corrected chi connectivity index (χ4v) is 6.86. The molecule has 1 aromatic heterocycles. The maximum atomic E-state index is 12.5. The zero-order chi connectivity index (χ0) is 35.4. The second-order valence-corrected chi connectivity index (χ2v) is 13.3. The fraction of sp³-hybridized carbons (Fsp3) is 0.828. The number of aliphatic hydroxyl groups is 7. The van der Waals surface area contributed by atoms with Crippen LogP contribution in [0.3, 0.4) is 0 Å². The van der Waals surface area contributed by atoms with E-state index in [9.17, 15) is 55.2 Å². The number of carbonyl (C=O) groups excluding carboxylic acids is 2. The number of hydrogen-bond acceptors (Lipinski definition) is 16. The van der Waals surface area contributed by atoms with E-state index >= 15 is 0 Å². The Morgan fingerprint density at radius 3 is 2.40 bits per heavy atom. The molecule has 0 aromatic carbocycles. The highest BCUT2D eigenvalue weighted by atomic mass is 32.2. The van der Waals surface area contributed by atoms with Gasteiger partial charge in [0.15, 0.2) is 6.29 Å². The number of ether oxygens (including phenoxy) is 3. The minimum atomic E-state index is -2.29. The lowest BCUT2D eigenvalue weighted by molar-refractivity contribution is -0.292. The van der Waals surface area contributed by atoms with Gasteiger partial charge in [-0.05, 0) is 25.7 Å². The number of unbranched alkanes of at least 4 members (excludes halogenated alkanes) is 3. The number of nitrogens with one attached hydrogen (secondary N) is 1. The molecule has 0 saturated carbocycles. The molecule has 3 heterocycles. The molecule has 9 N–H and O–H groups in total. The molecule has 1 amide bonds. The van der Waals surface area contributed by atoms with Crippen molar-refractivity contribution in [3.8, 4) is 0 Å². The summed E-state index contributed by atoms with van der Waals surface area (Å²) in [7, 11) is 0. The summed E-state index contributed by atoms with van der Waals surface area (Å²) in [6.45, 7) is 0.994. The number of carboxylic acids is 1. The van der Waals surface area contributed by atoms with Gasteiger partial charge in [-0.25, -0.2) is 4.79 Å². The largest absolute Gasteiger partial charge is 0.478 e. The van der Waals surface area contributed by atoms with Crippen LogP contribution < -0.4 is 5.32 Å². The van der Waals surface area contributed by atoms with Gasteiger partial charge in [0.2, 0.25) is 10.8 Å². The molecule has 3 rings (SSSR count). The molecule has 48 heavy (non-hydrogen) atoms. The summed E-state index contributed by atoms with van der Waals surface area (Å²) in [4.78, 5) is 34.2. The van der Waals surface area contributed by atoms with E-state index in [2.05, 4.69) is 15.6 Å². The summed E-state index contributed by atoms with van der Waals surface area (Å²) in [5, 5.41) is 92.4. The van der Waals surface area contributed by atoms with Crippen molar-refractivity contribution in [1.82, 2.24) is 20.3 Å². The maximum Gasteiger partial charge on any atom is 0.346 e. The number of aliphatic carboxylic acids is 1. The van der Waals surface area contributed by atoms with Crippen LogP contribution >= 0.6 is 11.8 Å². The molecule has 2 saturated heterocycles. The van der Waals surface area contributed by atoms with Crippen LogP contribution in [-0.4, -0.2) is 159 Å². The molecule has 0 aliphatic carbocycles. The van der Waals surface area contributed by atoms with E-state index < -0.39 is 91.0 Å². The van der Waals surface area contributed by atoms with Crippen LogP contribution in [-0.2, 0) is 35.1 Å². The van der Waals surface area contributed by atoms with Crippen molar-refractivity contribution in [2.75, 3.05) is 19.0 Å². The van der Waals surface area contributed by atoms with Crippen LogP contribution in [0.25, 0.3) is 0 Å². The number of aliphatic hydroxyl groups excluding tert-OH is 7. The molecular weight excluding hydrogens is 660 g/mol. The Morgan fingerprint density at radius 2 is 1.77 bits per heavy atom. The van der Waals surface area contributed by atoms with E-state index in [0.717, 1.165) is 32.7 Å². The zero-order valence-electron chi connectivity index (χ0n) is 26.7. The Morgan fingerprint density at radius 1 is 1.06 bits per heavy atom. The first-order valence-corrected chi connectivity index (χ1v) is 16.9. The highest BCUT2D eigenvalue weighted by Crippen LogP contribution is 2.42. The molecule has 0 bridgehead atoms. The second kappa shape index (κ2) is 19.2. The number of hydrogen-bond donors (Lipinski definition) is 9. The van der Waals surface area contributed by atoms with Crippen LogP contribution in [0.1, 0.15) is 58.3 Å². The van der Waals surface area contributed by atoms with Gasteiger partial charge >= 0.3 is 5.97 Å². The normalized spacial score (nSPS) is 32.0. The lowest BCUT2D eigenvalue weighted by Crippen LogP contribution is -2.66. The van der Waals surface area contributed by atoms with Gasteiger partial charge in [-0.3, -0.25) is 14.3 Å². The number of carboxylic acid groups (broad SMARTS) is 1. The monoisotopic (exact) mass is 708 g/mol. The highest BCUT2D eigenvalue weighted by Gasteiger charge is 2.56. The van der Waals surface area contributed by atoms with Gasteiger partial charge in [-0.15, -0.1) is 16.9 Å². The Balaban J connectivity index is 1.51. The summed E-state index contributed by atoms with van der Waals surface area (Å²) in [6.07, 6.45) is -7.63. The first-order valence-electron chi connectivity index (χ1n) is 15.9. The van der Waals surface area contributed by atoms with E-state index in [0.29, 0.717) is 37.4 Å². The highest BCUT2D eigenvalue weighted by molar-refractivity contribution is 8.01. The molecule has 19 heteroatoms. The minimum Gasteiger partial charge on any atom is -0.478 e. The smallest absolute Gasteiger partial charge is 0.346 e. The molecular formula is C29H48N4O14S. The number of carbonyl (C=O) groups is 3. The summed E-state index contributed by atoms with van der Waals surface area (Å²) < 4.78 is 18.7. The number of nitrogens with zero attached hydrogens (tertiary/aromatic N) is 3. The summed E-state index contributed by atoms with van der Waals surface area (Å²) in [5.74, 6) is -2.48. The molecule has 2 aliphatic heterocycles. The van der Waals surface area contributed by atoms with E-state index in [1.54, 1.807) is 17.1 Å². The number of aromatic nitrogens is 3. The van der Waals surface area contributed by atoms with Gasteiger partial charge in [-0.1, -0.05) is 11.6 Å². The molecule has 0 radical (unpaired) electrons. The van der Waals surface area contributed by atoms with Gasteiger partial charge in [0.05, 0.1) is 31.1 Å². The summed E-state index contributed by atoms with van der Waals surface area (Å²) in [6, 6.07) is -1.34. The van der Waals surface area contributed by atoms with Crippen molar-refractivity contribution >= 4 is 29.4 Å². The average Bonchev–Trinajstić information content (AvgIpc) is 3.57. The van der Waals surface area contributed by atoms with Crippen LogP contribution in [0.2, 0.25) is 0 Å². The third kappa shape index (κ3) is 11.1. The molecule has 18 nitrogen and oxygen atoms in total. The molecule has 11 atom stereocenters. The predicted molar refractivity (Wildman–Crippen MR) is 165 cm³/mol. The topological polar surface area (TPSA) is 283 Å². The lowest BCUT2D eigenvalue weighted by atomic mass is 9.90. The number of amides is 1. The van der Waals surface area contributed by atoms with Gasteiger partial charge in [0.1, 0.15) is 42.4 Å². The Labute approximate surface area is 281 Å². The van der Waals surface area contributed by atoms with E-state index in [4.69, 9.17) is 14.2 Å². The maximum absolute atomic E-state index is 12.5. The number of Topliss-reactive ketones (excluding diaryl/α,β-unsaturated/α-hetero) is 1. The van der Waals surface area contributed by atoms with Crippen molar-refractivity contribution in [1.29, 1.82) is 0 Å². The van der Waals surface area contributed by atoms with Gasteiger partial charge in [0.25, 0.3) is 0 Å². The van der Waals surface area contributed by atoms with Crippen LogP contribution in [0, 0.1) is 0 Å². The standard InChI is InChI=1S/C29H48N4O14S/c1-16(35)31-21-18(37)13-29(28(43)44,47-26(21)22(39)19(38)14-34)48-15-20-23(40)24(41)25(42)27(46-20)45-12-6-4-8-17(36)7-3-2-5-10-33-11-9-30-32-33/h9,11,18-27,34,37-42H,2-8,10,12-15H2,1H3,(H,31,35)(H,43,44)/t18-,19-,20?,21-,22-,23+,24+,25?,26?,27-,29+/m1/s1. The van der Waals surface area contributed by atoms with Gasteiger partial charge in [0, 0.05) is 51.3 Å². The second-order valence-electron chi connectivity index (χ2n) is 12.0. The van der Waals surface area contributed by atoms with Crippen LogP contribution in [0.15, 0.2) is 12.4 Å². The first kappa shape index (κ1) is 40.1. The molecule has 274 valence electrons. The van der Waals surface area contributed by atoms with E-state index in [-0.39, 0.29) is 18.1 Å². The molecule has 1 aromatic rings. The third-order valence-electron chi connectivity index (χ3n) is 8.28. The molecule has 2 aliphatic rings. The Bertz CT molecular complexity index is 1150. The van der Waals surface area contributed by atoms with Gasteiger partial charge < -0.3 is 60.4 Å². The first-order chi connectivity index (χ1) is 22.8. The van der Waals surface area contributed by atoms with E-state index in [1.807, 2.05) is 0 Å². The summed E-state index contributed by atoms with van der Waals surface area (Å²) in [5.41, 5.74) is 0. The lowest BCUT2D eigenvalue weighted by Gasteiger charge is -2.47. The number of aryl methyl sites for hydroxylation is 1. The Kier molecular flexibility index (Phi) is 16.0. The summed E-state index contributed by atoms with van der Waals surface area (Å²) >= 11 is 0.550. The van der Waals surface area contributed by atoms with Crippen molar-refractivity contribution in [3.05, 3.63) is 12.4 Å². The average molecular weight is 709 g/mol. The Hall–Kier alpha value is -2.30. The van der Waals surface area contributed by atoms with Crippen molar-refractivity contribution < 1.29 is 69.4 Å². The molecule has 3 unspecified atom stereocenters. The molecule has 2 fully saturated rings. The third-order valence-corrected chi connectivity index (χ3v) is 9.68. The van der Waals surface area contributed by atoms with Crippen LogP contribution in [0.4, 0.5) is 0 Å². The van der Waals surface area contributed by atoms with Crippen molar-refractivity contribution in [2.24, 2.45) is 0 Å². The number of rotatable bonds is 20. The number of ketones is 1. The SMILES string of the molecule is CC(=O)N[C@H]1C([C@H](O)[C@H](O)CO)O[C@@](SCC2O[C@@H](OCCCCC(=O)CCCCCn3ccnn3)C(O)[C@@H](O)[C@H]2O)(C(=O)O)C[C@H]1O. The molecule has 0 spiro atoms. The van der Waals surface area contributed by atoms with E-state index in [1.165, 1.54) is 0 Å². The van der Waals surface area contributed by atoms with Gasteiger partial charge in [-0.2, -0.15) is 0 Å². The fourth-order valence-electron chi connectivity index (χ4n) is 5.56. The quantitative estimate of drug-likeness (QED) is 0.0622. The zero-order valence-corrected chi connectivity index (χ0v) is 27.5. The minimum absolute atomic E-state index is 0.0568. The predicted octanol–water partition coefficient (Wildman–Crippen LogP) is -2.72.